The molecular weight excluding hydrogens is 498 g/mol. The number of carbonyl (C=O) groups is 2. The summed E-state index contributed by atoms with van der Waals surface area (Å²) in [5.41, 5.74) is 0.117. The van der Waals surface area contributed by atoms with Gasteiger partial charge in [-0.2, -0.15) is 0 Å². The lowest BCUT2D eigenvalue weighted by Crippen LogP contribution is -2.60. The highest BCUT2D eigenvalue weighted by atomic mass is 35.5. The number of ether oxygens (including phenoxy) is 2. The van der Waals surface area contributed by atoms with E-state index in [4.69, 9.17) is 27.9 Å². The fourth-order valence-corrected chi connectivity index (χ4v) is 4.58. The number of fused-ring (bicyclic) bond motifs is 2. The Labute approximate surface area is 202 Å². The van der Waals surface area contributed by atoms with E-state index in [1.54, 1.807) is 12.1 Å². The Balaban J connectivity index is 1.28. The Bertz CT molecular complexity index is 1060. The second kappa shape index (κ2) is 9.87. The van der Waals surface area contributed by atoms with Crippen molar-refractivity contribution in [3.05, 3.63) is 52.1 Å². The number of halogens is 5. The number of hydrogen-bond donors (Lipinski definition) is 2. The molecule has 7 nitrogen and oxygen atoms in total. The molecule has 2 aromatic rings. The molecule has 3 aliphatic rings. The zero-order chi connectivity index (χ0) is 24.5. The van der Waals surface area contributed by atoms with E-state index in [-0.39, 0.29) is 36.1 Å². The number of rotatable bonds is 7. The number of pyridine rings is 1. The van der Waals surface area contributed by atoms with Crippen molar-refractivity contribution in [2.24, 2.45) is 11.8 Å². The molecule has 34 heavy (non-hydrogen) atoms. The lowest BCUT2D eigenvalue weighted by atomic mass is 9.60. The minimum atomic E-state index is -4.86. The van der Waals surface area contributed by atoms with E-state index in [0.29, 0.717) is 28.1 Å². The van der Waals surface area contributed by atoms with Crippen molar-refractivity contribution < 1.29 is 32.2 Å². The fraction of sp³-hybridized carbons (Fsp3) is 0.409. The maximum Gasteiger partial charge on any atom is 0.574 e. The largest absolute Gasteiger partial charge is 0.574 e. The quantitative estimate of drug-likeness (QED) is 0.568. The molecule has 0 radical (unpaired) electrons. The first-order valence-corrected chi connectivity index (χ1v) is 11.2. The second-order valence-corrected chi connectivity index (χ2v) is 9.09. The summed E-state index contributed by atoms with van der Waals surface area (Å²) in [5.74, 6) is -0.356. The van der Waals surface area contributed by atoms with Gasteiger partial charge in [-0.15, -0.1) is 13.2 Å². The van der Waals surface area contributed by atoms with Gasteiger partial charge >= 0.3 is 6.36 Å². The van der Waals surface area contributed by atoms with E-state index >= 15 is 0 Å². The first-order chi connectivity index (χ1) is 16.1. The van der Waals surface area contributed by atoms with Gasteiger partial charge in [-0.1, -0.05) is 23.2 Å². The number of hydrogen-bond acceptors (Lipinski definition) is 5. The molecule has 12 heteroatoms. The van der Waals surface area contributed by atoms with Gasteiger partial charge in [0.15, 0.2) is 6.61 Å². The van der Waals surface area contributed by atoms with E-state index in [9.17, 15) is 22.8 Å². The summed E-state index contributed by atoms with van der Waals surface area (Å²) in [5, 5.41) is 6.58. The number of alkyl halides is 3. The Morgan fingerprint density at radius 2 is 1.71 bits per heavy atom. The van der Waals surface area contributed by atoms with Crippen molar-refractivity contribution in [2.45, 2.75) is 37.7 Å². The van der Waals surface area contributed by atoms with E-state index in [1.165, 1.54) is 12.1 Å². The molecule has 1 unspecified atom stereocenters. The third-order valence-electron chi connectivity index (χ3n) is 6.00. The fourth-order valence-electron chi connectivity index (χ4n) is 4.29. The smallest absolute Gasteiger partial charge is 0.484 e. The zero-order valence-electron chi connectivity index (χ0n) is 17.6. The standard InChI is InChI=1S/C22H20Cl2F3N3O4/c23-15-3-2-14(7-16(15)24)33-10-19(31)29-17-8-18(13-5-12(17)6-13)30-21(32)11-1-4-20(28-9-11)34-22(25,26)27/h1-4,7,9,12-13,17-18H,5-6,8,10H2,(H,29,31)(H,30,32)/t12?,13?,17-,18?/m0/s1. The van der Waals surface area contributed by atoms with Gasteiger partial charge in [0.25, 0.3) is 11.8 Å². The SMILES string of the molecule is O=C(COc1ccc(Cl)c(Cl)c1)N[C@H]1CC(NC(=O)c2ccc(OC(F)(F)F)nc2)C2CC1C2. The van der Waals surface area contributed by atoms with Crippen molar-refractivity contribution in [3.8, 4) is 11.6 Å². The highest BCUT2D eigenvalue weighted by Crippen LogP contribution is 2.45. The summed E-state index contributed by atoms with van der Waals surface area (Å²) in [4.78, 5) is 28.5. The minimum Gasteiger partial charge on any atom is -0.484 e. The minimum absolute atomic E-state index is 0.117. The Kier molecular flexibility index (Phi) is 7.09. The Morgan fingerprint density at radius 3 is 2.32 bits per heavy atom. The van der Waals surface area contributed by atoms with Crippen molar-refractivity contribution in [3.63, 3.8) is 0 Å². The molecule has 0 saturated heterocycles. The van der Waals surface area contributed by atoms with Crippen LogP contribution < -0.4 is 20.1 Å². The molecule has 2 bridgehead atoms. The van der Waals surface area contributed by atoms with Gasteiger partial charge in [0.2, 0.25) is 5.88 Å². The lowest BCUT2D eigenvalue weighted by Gasteiger charge is -2.51. The van der Waals surface area contributed by atoms with Gasteiger partial charge in [-0.05, 0) is 49.3 Å². The highest BCUT2D eigenvalue weighted by Gasteiger charge is 2.47. The number of aromatic nitrogens is 1. The van der Waals surface area contributed by atoms with Crippen LogP contribution in [0.5, 0.6) is 11.6 Å². The van der Waals surface area contributed by atoms with Crippen molar-refractivity contribution >= 4 is 35.0 Å². The molecule has 2 amide bonds. The monoisotopic (exact) mass is 517 g/mol. The molecule has 1 aromatic carbocycles. The van der Waals surface area contributed by atoms with Gasteiger partial charge in [0.05, 0.1) is 15.6 Å². The van der Waals surface area contributed by atoms with E-state index < -0.39 is 18.1 Å². The van der Waals surface area contributed by atoms with Crippen LogP contribution in [0.3, 0.4) is 0 Å². The van der Waals surface area contributed by atoms with Gasteiger partial charge in [0.1, 0.15) is 5.75 Å². The lowest BCUT2D eigenvalue weighted by molar-refractivity contribution is -0.276. The zero-order valence-corrected chi connectivity index (χ0v) is 19.1. The van der Waals surface area contributed by atoms with Crippen LogP contribution >= 0.6 is 23.2 Å². The summed E-state index contributed by atoms with van der Waals surface area (Å²) < 4.78 is 46.0. The topological polar surface area (TPSA) is 89.6 Å². The van der Waals surface area contributed by atoms with Gasteiger partial charge < -0.3 is 20.1 Å². The molecule has 3 aliphatic carbocycles. The predicted molar refractivity (Wildman–Crippen MR) is 117 cm³/mol. The third-order valence-corrected chi connectivity index (χ3v) is 6.74. The van der Waals surface area contributed by atoms with Crippen LogP contribution in [-0.2, 0) is 4.79 Å². The molecule has 5 rings (SSSR count). The Hall–Kier alpha value is -2.72. The molecule has 3 saturated carbocycles. The average Bonchev–Trinajstić information content (AvgIpc) is 2.73. The van der Waals surface area contributed by atoms with Gasteiger partial charge in [-0.25, -0.2) is 4.98 Å². The molecule has 1 heterocycles. The van der Waals surface area contributed by atoms with Crippen molar-refractivity contribution in [1.82, 2.24) is 15.6 Å². The highest BCUT2D eigenvalue weighted by molar-refractivity contribution is 6.42. The summed E-state index contributed by atoms with van der Waals surface area (Å²) in [7, 11) is 0. The first kappa shape index (κ1) is 24.4. The molecular formula is C22H20Cl2F3N3O4. The molecule has 2 N–H and O–H groups in total. The Morgan fingerprint density at radius 1 is 1.00 bits per heavy atom. The van der Waals surface area contributed by atoms with E-state index in [0.717, 1.165) is 25.1 Å². The number of benzene rings is 1. The molecule has 3 fully saturated rings. The van der Waals surface area contributed by atoms with Crippen LogP contribution in [0.4, 0.5) is 13.2 Å². The second-order valence-electron chi connectivity index (χ2n) is 8.28. The van der Waals surface area contributed by atoms with Crippen LogP contribution in [-0.4, -0.2) is 41.9 Å². The normalized spacial score (nSPS) is 23.4. The van der Waals surface area contributed by atoms with Gasteiger partial charge in [-0.3, -0.25) is 9.59 Å². The maximum atomic E-state index is 12.6. The maximum absolute atomic E-state index is 12.6. The predicted octanol–water partition coefficient (Wildman–Crippen LogP) is 4.38. The number of carbonyl (C=O) groups excluding carboxylic acids is 2. The molecule has 0 aliphatic heterocycles. The summed E-state index contributed by atoms with van der Waals surface area (Å²) >= 11 is 11.8. The van der Waals surface area contributed by atoms with E-state index in [1.807, 2.05) is 0 Å². The molecule has 1 aromatic heterocycles. The van der Waals surface area contributed by atoms with Crippen LogP contribution in [0.25, 0.3) is 0 Å². The molecule has 0 spiro atoms. The van der Waals surface area contributed by atoms with Crippen molar-refractivity contribution in [2.75, 3.05) is 6.61 Å². The summed E-state index contributed by atoms with van der Waals surface area (Å²) in [6.07, 6.45) is -1.56. The summed E-state index contributed by atoms with van der Waals surface area (Å²) in [6.45, 7) is -0.195. The van der Waals surface area contributed by atoms with Crippen LogP contribution in [0.1, 0.15) is 29.6 Å². The van der Waals surface area contributed by atoms with Crippen LogP contribution in [0, 0.1) is 11.8 Å². The third kappa shape index (κ3) is 6.04. The molecule has 2 atom stereocenters. The number of nitrogens with zero attached hydrogens (tertiary/aromatic N) is 1. The van der Waals surface area contributed by atoms with Crippen LogP contribution in [0.15, 0.2) is 36.5 Å². The van der Waals surface area contributed by atoms with E-state index in [2.05, 4.69) is 20.4 Å². The average molecular weight is 518 g/mol. The molecule has 182 valence electrons. The number of nitrogens with one attached hydrogen (secondary N) is 2. The van der Waals surface area contributed by atoms with Crippen LogP contribution in [0.2, 0.25) is 10.0 Å². The summed E-state index contributed by atoms with van der Waals surface area (Å²) in [6, 6.07) is 6.62. The van der Waals surface area contributed by atoms with Crippen molar-refractivity contribution in [1.29, 1.82) is 0 Å². The van der Waals surface area contributed by atoms with Gasteiger partial charge in [0, 0.05) is 30.4 Å². The first-order valence-electron chi connectivity index (χ1n) is 10.5. The number of amides is 2.